The van der Waals surface area contributed by atoms with Crippen LogP contribution in [0.2, 0.25) is 0 Å². The van der Waals surface area contributed by atoms with E-state index < -0.39 is 0 Å². The number of carbonyl (C=O) groups is 2. The molecular weight excluding hydrogens is 392 g/mol. The van der Waals surface area contributed by atoms with Crippen LogP contribution in [0.15, 0.2) is 59.5 Å². The second-order valence-electron chi connectivity index (χ2n) is 7.47. The third-order valence-electron chi connectivity index (χ3n) is 5.39. The fourth-order valence-corrected chi connectivity index (χ4v) is 4.61. The molecule has 0 radical (unpaired) electrons. The van der Waals surface area contributed by atoms with E-state index in [4.69, 9.17) is 0 Å². The van der Waals surface area contributed by atoms with Crippen LogP contribution in [0.5, 0.6) is 0 Å². The second kappa shape index (κ2) is 8.92. The smallest absolute Gasteiger partial charge is 0.258 e. The van der Waals surface area contributed by atoms with E-state index in [1.54, 1.807) is 11.8 Å². The summed E-state index contributed by atoms with van der Waals surface area (Å²) in [5, 5.41) is 4.91. The molecule has 1 heterocycles. The number of benzene rings is 3. The van der Waals surface area contributed by atoms with Gasteiger partial charge in [-0.05, 0) is 48.1 Å². The summed E-state index contributed by atoms with van der Waals surface area (Å²) in [4.78, 5) is 28.6. The Hall–Kier alpha value is -2.79. The summed E-state index contributed by atoms with van der Waals surface area (Å²) in [5.74, 6) is 1.03. The van der Waals surface area contributed by atoms with Crippen LogP contribution in [0.4, 0.5) is 11.4 Å². The lowest BCUT2D eigenvalue weighted by molar-refractivity contribution is -0.115. The van der Waals surface area contributed by atoms with E-state index in [0.717, 1.165) is 58.4 Å². The van der Waals surface area contributed by atoms with Gasteiger partial charge in [-0.1, -0.05) is 44.5 Å². The number of carbonyl (C=O) groups excluding carboxylic acids is 2. The predicted molar refractivity (Wildman–Crippen MR) is 126 cm³/mol. The van der Waals surface area contributed by atoms with Crippen LogP contribution >= 0.6 is 11.8 Å². The Morgan fingerprint density at radius 1 is 1.03 bits per heavy atom. The molecule has 0 bridgehead atoms. The minimum atomic E-state index is -0.0567. The topological polar surface area (TPSA) is 49.4 Å². The number of unbranched alkanes of at least 4 members (excludes halogenated alkanes) is 1. The third-order valence-corrected chi connectivity index (χ3v) is 6.29. The molecule has 0 unspecified atom stereocenters. The molecule has 5 heteroatoms. The monoisotopic (exact) mass is 418 g/mol. The van der Waals surface area contributed by atoms with Crippen LogP contribution in [-0.2, 0) is 11.2 Å². The van der Waals surface area contributed by atoms with Crippen molar-refractivity contribution in [1.29, 1.82) is 0 Å². The number of rotatable bonds is 8. The summed E-state index contributed by atoms with van der Waals surface area (Å²) in [5.41, 5.74) is 3.41. The van der Waals surface area contributed by atoms with Gasteiger partial charge < -0.3 is 10.2 Å². The van der Waals surface area contributed by atoms with Gasteiger partial charge in [-0.3, -0.25) is 9.59 Å². The Morgan fingerprint density at radius 3 is 2.57 bits per heavy atom. The maximum absolute atomic E-state index is 12.9. The quantitative estimate of drug-likeness (QED) is 0.464. The van der Waals surface area contributed by atoms with Gasteiger partial charge in [-0.25, -0.2) is 0 Å². The number of nitrogens with one attached hydrogen (secondary N) is 1. The van der Waals surface area contributed by atoms with E-state index >= 15 is 0 Å². The second-order valence-corrected chi connectivity index (χ2v) is 8.81. The molecule has 0 saturated heterocycles. The van der Waals surface area contributed by atoms with Gasteiger partial charge in [0.1, 0.15) is 0 Å². The van der Waals surface area contributed by atoms with Crippen molar-refractivity contribution in [3.05, 3.63) is 65.7 Å². The van der Waals surface area contributed by atoms with E-state index in [1.807, 2.05) is 47.4 Å². The molecular formula is C25H26N2O2S. The predicted octanol–water partition coefficient (Wildman–Crippen LogP) is 5.89. The maximum atomic E-state index is 12.9. The number of hydrogen-bond acceptors (Lipinski definition) is 3. The van der Waals surface area contributed by atoms with E-state index in [2.05, 4.69) is 31.3 Å². The van der Waals surface area contributed by atoms with E-state index in [9.17, 15) is 9.59 Å². The molecule has 4 rings (SSSR count). The lowest BCUT2D eigenvalue weighted by Crippen LogP contribution is -2.27. The zero-order valence-corrected chi connectivity index (χ0v) is 18.2. The molecule has 3 aromatic rings. The number of thioether (sulfide) groups is 1. The summed E-state index contributed by atoms with van der Waals surface area (Å²) in [7, 11) is 0. The molecule has 2 amide bonds. The standard InChI is InChI=1S/C25H26N2O2S/c1-3-5-15-27-22-14-13-21(19-7-6-8-20(24(19)22)25(27)29)26-23(28)16-17-9-11-18(12-10-17)30-4-2/h6-14H,3-5,15-16H2,1-2H3,(H,26,28). The Bertz CT molecular complexity index is 1090. The van der Waals surface area contributed by atoms with Crippen molar-refractivity contribution < 1.29 is 9.59 Å². The maximum Gasteiger partial charge on any atom is 0.258 e. The highest BCUT2D eigenvalue weighted by Crippen LogP contribution is 2.40. The van der Waals surface area contributed by atoms with Crippen LogP contribution < -0.4 is 10.2 Å². The van der Waals surface area contributed by atoms with E-state index in [-0.39, 0.29) is 11.8 Å². The van der Waals surface area contributed by atoms with Crippen molar-refractivity contribution >= 4 is 45.7 Å². The average Bonchev–Trinajstić information content (AvgIpc) is 3.03. The van der Waals surface area contributed by atoms with Gasteiger partial charge in [0.05, 0.1) is 12.1 Å². The first-order chi connectivity index (χ1) is 14.6. The highest BCUT2D eigenvalue weighted by Gasteiger charge is 2.30. The SMILES string of the molecule is CCCCN1C(=O)c2cccc3c(NC(=O)Cc4ccc(SCC)cc4)ccc1c23. The van der Waals surface area contributed by atoms with Gasteiger partial charge in [-0.2, -0.15) is 0 Å². The van der Waals surface area contributed by atoms with Gasteiger partial charge in [0.2, 0.25) is 5.91 Å². The van der Waals surface area contributed by atoms with Gasteiger partial charge in [0.15, 0.2) is 0 Å². The molecule has 30 heavy (non-hydrogen) atoms. The van der Waals surface area contributed by atoms with Gasteiger partial charge in [0.25, 0.3) is 5.91 Å². The summed E-state index contributed by atoms with van der Waals surface area (Å²) in [6.07, 6.45) is 2.33. The largest absolute Gasteiger partial charge is 0.325 e. The number of amides is 2. The van der Waals surface area contributed by atoms with Gasteiger partial charge in [-0.15, -0.1) is 11.8 Å². The summed E-state index contributed by atoms with van der Waals surface area (Å²) < 4.78 is 0. The van der Waals surface area contributed by atoms with E-state index in [1.165, 1.54) is 4.90 Å². The summed E-state index contributed by atoms with van der Waals surface area (Å²) in [6, 6.07) is 17.8. The first-order valence-electron chi connectivity index (χ1n) is 10.5. The number of anilines is 2. The molecule has 0 spiro atoms. The fourth-order valence-electron chi connectivity index (χ4n) is 3.94. The van der Waals surface area contributed by atoms with Crippen LogP contribution in [0.3, 0.4) is 0 Å². The number of hydrogen-bond donors (Lipinski definition) is 1. The summed E-state index contributed by atoms with van der Waals surface area (Å²) >= 11 is 1.79. The third kappa shape index (κ3) is 3.94. The zero-order valence-electron chi connectivity index (χ0n) is 17.4. The Kier molecular flexibility index (Phi) is 6.09. The molecule has 0 aliphatic carbocycles. The van der Waals surface area contributed by atoms with Crippen molar-refractivity contribution in [2.24, 2.45) is 0 Å². The molecule has 0 fully saturated rings. The normalized spacial score (nSPS) is 12.6. The molecule has 1 aliphatic heterocycles. The molecule has 1 aliphatic rings. The van der Waals surface area contributed by atoms with Crippen LogP contribution in [0.1, 0.15) is 42.6 Å². The fraction of sp³-hybridized carbons (Fsp3) is 0.280. The zero-order chi connectivity index (χ0) is 21.1. The minimum absolute atomic E-state index is 0.0533. The van der Waals surface area contributed by atoms with Gasteiger partial charge >= 0.3 is 0 Å². The molecule has 0 aromatic heterocycles. The Labute approximate surface area is 181 Å². The van der Waals surface area contributed by atoms with E-state index in [0.29, 0.717) is 6.42 Å². The average molecular weight is 419 g/mol. The lowest BCUT2D eigenvalue weighted by Gasteiger charge is -2.17. The first-order valence-corrected chi connectivity index (χ1v) is 11.5. The highest BCUT2D eigenvalue weighted by atomic mass is 32.2. The Balaban J connectivity index is 1.56. The van der Waals surface area contributed by atoms with Crippen molar-refractivity contribution in [3.63, 3.8) is 0 Å². The molecule has 0 atom stereocenters. The highest BCUT2D eigenvalue weighted by molar-refractivity contribution is 7.99. The lowest BCUT2D eigenvalue weighted by atomic mass is 10.0. The van der Waals surface area contributed by atoms with Crippen molar-refractivity contribution in [2.75, 3.05) is 22.5 Å². The molecule has 3 aromatic carbocycles. The minimum Gasteiger partial charge on any atom is -0.325 e. The molecule has 0 saturated carbocycles. The van der Waals surface area contributed by atoms with Crippen molar-refractivity contribution in [3.8, 4) is 0 Å². The van der Waals surface area contributed by atoms with Gasteiger partial charge in [0, 0.05) is 33.5 Å². The van der Waals surface area contributed by atoms with Crippen molar-refractivity contribution in [1.82, 2.24) is 0 Å². The number of nitrogens with zero attached hydrogens (tertiary/aromatic N) is 1. The van der Waals surface area contributed by atoms with Crippen LogP contribution in [0.25, 0.3) is 10.8 Å². The molecule has 4 nitrogen and oxygen atoms in total. The van der Waals surface area contributed by atoms with Crippen LogP contribution in [0, 0.1) is 0 Å². The van der Waals surface area contributed by atoms with Crippen molar-refractivity contribution in [2.45, 2.75) is 38.0 Å². The molecule has 1 N–H and O–H groups in total. The van der Waals surface area contributed by atoms with Crippen LogP contribution in [-0.4, -0.2) is 24.1 Å². The molecule has 154 valence electrons. The first kappa shape index (κ1) is 20.5. The Morgan fingerprint density at radius 2 is 1.83 bits per heavy atom. The summed E-state index contributed by atoms with van der Waals surface area (Å²) in [6.45, 7) is 4.97.